The minimum Gasteiger partial charge on any atom is -0.491 e. The summed E-state index contributed by atoms with van der Waals surface area (Å²) < 4.78 is 49.0. The highest BCUT2D eigenvalue weighted by molar-refractivity contribution is 6.32. The van der Waals surface area contributed by atoms with Gasteiger partial charge in [-0.15, -0.1) is 0 Å². The second-order valence-corrected chi connectivity index (χ2v) is 7.72. The molecule has 0 spiro atoms. The van der Waals surface area contributed by atoms with Crippen molar-refractivity contribution >= 4 is 34.8 Å². The number of nitrogens with one attached hydrogen (secondary N) is 1. The van der Waals surface area contributed by atoms with Gasteiger partial charge in [0.05, 0.1) is 15.6 Å². The fourth-order valence-corrected chi connectivity index (χ4v) is 3.33. The van der Waals surface area contributed by atoms with Gasteiger partial charge in [-0.3, -0.25) is 4.79 Å². The molecule has 0 aromatic heterocycles. The van der Waals surface area contributed by atoms with E-state index in [-0.39, 0.29) is 10.8 Å². The third-order valence-electron chi connectivity index (χ3n) is 4.49. The lowest BCUT2D eigenvalue weighted by atomic mass is 10.2. The summed E-state index contributed by atoms with van der Waals surface area (Å²) in [6, 6.07) is 7.48. The van der Waals surface area contributed by atoms with Crippen molar-refractivity contribution in [3.05, 3.63) is 52.0 Å². The molecule has 10 heteroatoms. The number of nitrogens with zero attached hydrogens (tertiary/aromatic N) is 1. The van der Waals surface area contributed by atoms with Crippen molar-refractivity contribution in [2.45, 2.75) is 26.4 Å². The highest BCUT2D eigenvalue weighted by Gasteiger charge is 2.31. The summed E-state index contributed by atoms with van der Waals surface area (Å²) in [5.74, 6) is -0.0466. The van der Waals surface area contributed by atoms with Gasteiger partial charge in [-0.25, -0.2) is 0 Å². The van der Waals surface area contributed by atoms with E-state index in [1.165, 1.54) is 0 Å². The fraction of sp³-hybridized carbons (Fsp3) is 0.409. The number of halogens is 5. The second-order valence-electron chi connectivity index (χ2n) is 6.91. The molecular formula is C22H25Cl2F3N2O3. The van der Waals surface area contributed by atoms with Gasteiger partial charge in [0.1, 0.15) is 18.1 Å². The number of carbonyl (C=O) groups excluding carboxylic acids is 1. The molecule has 0 aliphatic rings. The number of alkyl halides is 3. The Morgan fingerprint density at radius 3 is 2.25 bits per heavy atom. The first-order chi connectivity index (χ1) is 15.1. The van der Waals surface area contributed by atoms with Crippen LogP contribution < -0.4 is 14.8 Å². The summed E-state index contributed by atoms with van der Waals surface area (Å²) in [4.78, 5) is 14.4. The average Bonchev–Trinajstić information content (AvgIpc) is 2.73. The molecule has 2 aromatic rings. The summed E-state index contributed by atoms with van der Waals surface area (Å²) in [6.07, 6.45) is -3.45. The number of hydrogen-bond acceptors (Lipinski definition) is 4. The molecule has 0 saturated heterocycles. The zero-order valence-corrected chi connectivity index (χ0v) is 19.3. The molecule has 0 radical (unpaired) electrons. The van der Waals surface area contributed by atoms with E-state index >= 15 is 0 Å². The number of likely N-dealkylation sites (N-methyl/N-ethyl adjacent to an activating group) is 1. The lowest BCUT2D eigenvalue weighted by Crippen LogP contribution is -2.29. The quantitative estimate of drug-likeness (QED) is 0.409. The third-order valence-corrected chi connectivity index (χ3v) is 5.08. The Hall–Kier alpha value is -2.16. The largest absolute Gasteiger partial charge is 0.491 e. The van der Waals surface area contributed by atoms with Gasteiger partial charge in [0, 0.05) is 12.2 Å². The molecule has 0 unspecified atom stereocenters. The summed E-state index contributed by atoms with van der Waals surface area (Å²) in [7, 11) is 0. The maximum Gasteiger partial charge on any atom is 0.416 e. The number of amides is 1. The molecule has 0 fully saturated rings. The van der Waals surface area contributed by atoms with Crippen LogP contribution in [0.25, 0.3) is 0 Å². The lowest BCUT2D eigenvalue weighted by molar-refractivity contribution is -0.137. The summed E-state index contributed by atoms with van der Waals surface area (Å²) in [6.45, 7) is 6.98. The van der Waals surface area contributed by atoms with Crippen LogP contribution in [0.2, 0.25) is 10.0 Å². The van der Waals surface area contributed by atoms with Crippen LogP contribution >= 0.6 is 23.2 Å². The Morgan fingerprint density at radius 2 is 1.66 bits per heavy atom. The number of carbonyl (C=O) groups is 1. The Bertz CT molecular complexity index is 910. The molecule has 0 aliphatic heterocycles. The van der Waals surface area contributed by atoms with Gasteiger partial charge in [-0.05, 0) is 55.9 Å². The molecule has 2 aromatic carbocycles. The normalized spacial score (nSPS) is 11.5. The van der Waals surface area contributed by atoms with E-state index in [0.29, 0.717) is 23.1 Å². The second kappa shape index (κ2) is 12.2. The standard InChI is InChI=1S/C22H25Cl2F3N2O3/c1-3-9-29(4-2)10-11-31-19-8-6-16(13-18(19)24)28-21(30)14-32-20-7-5-15(12-17(20)23)22(25,26)27/h5-8,12-13H,3-4,9-11,14H2,1-2H3,(H,28,30). The minimum absolute atomic E-state index is 0.0270. The molecule has 0 atom stereocenters. The first-order valence-corrected chi connectivity index (χ1v) is 10.8. The predicted octanol–water partition coefficient (Wildman–Crippen LogP) is 6.14. The molecular weight excluding hydrogens is 468 g/mol. The van der Waals surface area contributed by atoms with E-state index in [9.17, 15) is 18.0 Å². The number of benzene rings is 2. The van der Waals surface area contributed by atoms with Gasteiger partial charge in [0.25, 0.3) is 5.91 Å². The van der Waals surface area contributed by atoms with Crippen molar-refractivity contribution in [2.24, 2.45) is 0 Å². The first kappa shape index (κ1) is 26.1. The molecule has 0 saturated carbocycles. The van der Waals surface area contributed by atoms with Gasteiger partial charge < -0.3 is 19.7 Å². The van der Waals surface area contributed by atoms with Crippen molar-refractivity contribution in [3.8, 4) is 11.5 Å². The molecule has 176 valence electrons. The zero-order chi connectivity index (χ0) is 23.7. The molecule has 0 bridgehead atoms. The third kappa shape index (κ3) is 8.07. The van der Waals surface area contributed by atoms with Gasteiger partial charge in [-0.1, -0.05) is 37.0 Å². The Balaban J connectivity index is 1.86. The highest BCUT2D eigenvalue weighted by atomic mass is 35.5. The van der Waals surface area contributed by atoms with E-state index in [1.807, 2.05) is 0 Å². The number of ether oxygens (including phenoxy) is 2. The Morgan fingerprint density at radius 1 is 1.00 bits per heavy atom. The molecule has 32 heavy (non-hydrogen) atoms. The summed E-state index contributed by atoms with van der Waals surface area (Å²) in [5.41, 5.74) is -0.473. The molecule has 5 nitrogen and oxygen atoms in total. The van der Waals surface area contributed by atoms with Crippen molar-refractivity contribution in [1.82, 2.24) is 4.90 Å². The van der Waals surface area contributed by atoms with Crippen molar-refractivity contribution in [3.63, 3.8) is 0 Å². The molecule has 0 aliphatic carbocycles. The average molecular weight is 493 g/mol. The predicted molar refractivity (Wildman–Crippen MR) is 120 cm³/mol. The van der Waals surface area contributed by atoms with E-state index in [4.69, 9.17) is 32.7 Å². The van der Waals surface area contributed by atoms with Crippen LogP contribution in [0, 0.1) is 0 Å². The van der Waals surface area contributed by atoms with E-state index in [1.54, 1.807) is 18.2 Å². The van der Waals surface area contributed by atoms with Crippen molar-refractivity contribution < 1.29 is 27.4 Å². The SMILES string of the molecule is CCCN(CC)CCOc1ccc(NC(=O)COc2ccc(C(F)(F)F)cc2Cl)cc1Cl. The van der Waals surface area contributed by atoms with Crippen LogP contribution in [0.1, 0.15) is 25.8 Å². The Labute approximate surface area is 195 Å². The molecule has 0 heterocycles. The maximum absolute atomic E-state index is 12.7. The first-order valence-electron chi connectivity index (χ1n) is 10.1. The minimum atomic E-state index is -4.51. The van der Waals surface area contributed by atoms with Gasteiger partial charge >= 0.3 is 6.18 Å². The van der Waals surface area contributed by atoms with Gasteiger partial charge in [0.15, 0.2) is 6.61 Å². The van der Waals surface area contributed by atoms with Gasteiger partial charge in [-0.2, -0.15) is 13.2 Å². The van der Waals surface area contributed by atoms with Crippen LogP contribution in [-0.2, 0) is 11.0 Å². The van der Waals surface area contributed by atoms with Crippen LogP contribution in [0.4, 0.5) is 18.9 Å². The monoisotopic (exact) mass is 492 g/mol. The van der Waals surface area contributed by atoms with E-state index in [0.717, 1.165) is 44.3 Å². The van der Waals surface area contributed by atoms with E-state index in [2.05, 4.69) is 24.1 Å². The van der Waals surface area contributed by atoms with Gasteiger partial charge in [0.2, 0.25) is 0 Å². The van der Waals surface area contributed by atoms with Crippen LogP contribution in [0.15, 0.2) is 36.4 Å². The highest BCUT2D eigenvalue weighted by Crippen LogP contribution is 2.34. The van der Waals surface area contributed by atoms with Crippen LogP contribution in [0.3, 0.4) is 0 Å². The number of hydrogen-bond donors (Lipinski definition) is 1. The van der Waals surface area contributed by atoms with E-state index < -0.39 is 24.3 Å². The topological polar surface area (TPSA) is 50.8 Å². The number of anilines is 1. The zero-order valence-electron chi connectivity index (χ0n) is 17.8. The van der Waals surface area contributed by atoms with Crippen LogP contribution in [0.5, 0.6) is 11.5 Å². The summed E-state index contributed by atoms with van der Waals surface area (Å²) >= 11 is 12.1. The van der Waals surface area contributed by atoms with Crippen molar-refractivity contribution in [2.75, 3.05) is 38.2 Å². The fourth-order valence-electron chi connectivity index (χ4n) is 2.86. The smallest absolute Gasteiger partial charge is 0.416 e. The Kier molecular flexibility index (Phi) is 9.93. The summed E-state index contributed by atoms with van der Waals surface area (Å²) in [5, 5.41) is 2.70. The van der Waals surface area contributed by atoms with Crippen molar-refractivity contribution in [1.29, 1.82) is 0 Å². The lowest BCUT2D eigenvalue weighted by Gasteiger charge is -2.19. The number of rotatable bonds is 11. The molecule has 2 rings (SSSR count). The molecule has 1 amide bonds. The van der Waals surface area contributed by atoms with Crippen LogP contribution in [-0.4, -0.2) is 43.7 Å². The maximum atomic E-state index is 12.7. The molecule has 1 N–H and O–H groups in total.